The van der Waals surface area contributed by atoms with Crippen molar-refractivity contribution < 1.29 is 0 Å². The quantitative estimate of drug-likeness (QED) is 0.466. The van der Waals surface area contributed by atoms with Crippen LogP contribution in [0.2, 0.25) is 0 Å². The molecule has 0 aromatic heterocycles. The first-order valence-corrected chi connectivity index (χ1v) is 8.56. The molecule has 1 heteroatoms. The van der Waals surface area contributed by atoms with Gasteiger partial charge in [-0.2, -0.15) is 0 Å². The van der Waals surface area contributed by atoms with Gasteiger partial charge in [-0.3, -0.25) is 0 Å². The average Bonchev–Trinajstić information content (AvgIpc) is 2.33. The maximum Gasteiger partial charge on any atom is 0.00721 e. The van der Waals surface area contributed by atoms with Crippen LogP contribution >= 0.6 is 0 Å². The summed E-state index contributed by atoms with van der Waals surface area (Å²) in [7, 11) is 0. The lowest BCUT2D eigenvalue weighted by Crippen LogP contribution is -2.40. The number of nitrogens with one attached hydrogen (secondary N) is 1. The van der Waals surface area contributed by atoms with Gasteiger partial charge in [0.25, 0.3) is 0 Å². The minimum absolute atomic E-state index is 0.860. The van der Waals surface area contributed by atoms with Gasteiger partial charge in [0, 0.05) is 6.04 Å². The SMILES string of the molecule is CCCCCCCCCCCCNC1CC(C)C1. The van der Waals surface area contributed by atoms with Gasteiger partial charge in [0.2, 0.25) is 0 Å². The summed E-state index contributed by atoms with van der Waals surface area (Å²) in [6, 6.07) is 0.860. The van der Waals surface area contributed by atoms with Crippen molar-refractivity contribution in [3.8, 4) is 0 Å². The lowest BCUT2D eigenvalue weighted by molar-refractivity contribution is 0.241. The molecule has 0 amide bonds. The Hall–Kier alpha value is -0.0400. The van der Waals surface area contributed by atoms with E-state index < -0.39 is 0 Å². The van der Waals surface area contributed by atoms with Crippen LogP contribution in [0.1, 0.15) is 90.9 Å². The number of rotatable bonds is 12. The summed E-state index contributed by atoms with van der Waals surface area (Å²) in [5, 5.41) is 3.67. The Bertz CT molecular complexity index is 172. The highest BCUT2D eigenvalue weighted by Gasteiger charge is 2.23. The Morgan fingerprint density at radius 2 is 1.28 bits per heavy atom. The van der Waals surface area contributed by atoms with Crippen LogP contribution in [0.3, 0.4) is 0 Å². The number of hydrogen-bond acceptors (Lipinski definition) is 1. The van der Waals surface area contributed by atoms with Crippen LogP contribution in [0.4, 0.5) is 0 Å². The van der Waals surface area contributed by atoms with Crippen LogP contribution < -0.4 is 5.32 Å². The molecule has 0 spiro atoms. The Balaban J connectivity index is 1.66. The summed E-state index contributed by atoms with van der Waals surface area (Å²) in [4.78, 5) is 0. The van der Waals surface area contributed by atoms with Crippen LogP contribution in [0, 0.1) is 5.92 Å². The van der Waals surface area contributed by atoms with Crippen LogP contribution in [0.5, 0.6) is 0 Å². The van der Waals surface area contributed by atoms with Gasteiger partial charge in [0.05, 0.1) is 0 Å². The van der Waals surface area contributed by atoms with E-state index in [9.17, 15) is 0 Å². The van der Waals surface area contributed by atoms with E-state index in [1.54, 1.807) is 0 Å². The van der Waals surface area contributed by atoms with Crippen LogP contribution in [0.15, 0.2) is 0 Å². The van der Waals surface area contributed by atoms with E-state index in [2.05, 4.69) is 19.2 Å². The molecule has 1 saturated carbocycles. The highest BCUT2D eigenvalue weighted by atomic mass is 14.9. The van der Waals surface area contributed by atoms with Crippen molar-refractivity contribution in [3.63, 3.8) is 0 Å². The second kappa shape index (κ2) is 10.8. The summed E-state index contributed by atoms with van der Waals surface area (Å²) < 4.78 is 0. The zero-order valence-electron chi connectivity index (χ0n) is 12.8. The van der Waals surface area contributed by atoms with E-state index in [0.29, 0.717) is 0 Å². The molecule has 0 aromatic carbocycles. The predicted octanol–water partition coefficient (Wildman–Crippen LogP) is 5.30. The number of hydrogen-bond donors (Lipinski definition) is 1. The normalized spacial score (nSPS) is 23.0. The van der Waals surface area contributed by atoms with Gasteiger partial charge < -0.3 is 5.32 Å². The molecule has 1 rings (SSSR count). The van der Waals surface area contributed by atoms with Crippen LogP contribution in [0.25, 0.3) is 0 Å². The lowest BCUT2D eigenvalue weighted by atomic mass is 9.82. The Kier molecular flexibility index (Phi) is 9.65. The first kappa shape index (κ1) is 16.0. The maximum absolute atomic E-state index is 3.67. The zero-order valence-corrected chi connectivity index (χ0v) is 12.8. The molecule has 1 N–H and O–H groups in total. The summed E-state index contributed by atoms with van der Waals surface area (Å²) in [5.41, 5.74) is 0. The summed E-state index contributed by atoms with van der Waals surface area (Å²) in [5.74, 6) is 0.982. The van der Waals surface area contributed by atoms with E-state index in [0.717, 1.165) is 12.0 Å². The minimum Gasteiger partial charge on any atom is -0.314 e. The smallest absolute Gasteiger partial charge is 0.00721 e. The van der Waals surface area contributed by atoms with Gasteiger partial charge >= 0.3 is 0 Å². The van der Waals surface area contributed by atoms with Crippen molar-refractivity contribution in [3.05, 3.63) is 0 Å². The highest BCUT2D eigenvalue weighted by Crippen LogP contribution is 2.26. The molecule has 0 bridgehead atoms. The molecular formula is C17H35N. The molecule has 108 valence electrons. The molecule has 0 radical (unpaired) electrons. The molecule has 0 unspecified atom stereocenters. The second-order valence-electron chi connectivity index (χ2n) is 6.41. The van der Waals surface area contributed by atoms with Crippen molar-refractivity contribution in [1.29, 1.82) is 0 Å². The van der Waals surface area contributed by atoms with E-state index in [-0.39, 0.29) is 0 Å². The maximum atomic E-state index is 3.67. The molecule has 18 heavy (non-hydrogen) atoms. The molecule has 1 fully saturated rings. The molecule has 0 atom stereocenters. The lowest BCUT2D eigenvalue weighted by Gasteiger charge is -2.33. The Morgan fingerprint density at radius 1 is 0.778 bits per heavy atom. The molecule has 0 heterocycles. The molecule has 1 aliphatic rings. The van der Waals surface area contributed by atoms with E-state index in [4.69, 9.17) is 0 Å². The molecule has 0 saturated heterocycles. The second-order valence-corrected chi connectivity index (χ2v) is 6.41. The first-order valence-electron chi connectivity index (χ1n) is 8.56. The molecule has 0 aliphatic heterocycles. The van der Waals surface area contributed by atoms with Gasteiger partial charge in [-0.25, -0.2) is 0 Å². The zero-order chi connectivity index (χ0) is 13.1. The van der Waals surface area contributed by atoms with Gasteiger partial charge in [-0.05, 0) is 31.7 Å². The van der Waals surface area contributed by atoms with Gasteiger partial charge in [0.15, 0.2) is 0 Å². The predicted molar refractivity (Wildman–Crippen MR) is 82.0 cm³/mol. The highest BCUT2D eigenvalue weighted by molar-refractivity contribution is 4.81. The summed E-state index contributed by atoms with van der Waals surface area (Å²) in [6.45, 7) is 5.91. The Labute approximate surface area is 115 Å². The van der Waals surface area contributed by atoms with Crippen molar-refractivity contribution >= 4 is 0 Å². The van der Waals surface area contributed by atoms with Crippen molar-refractivity contribution in [2.45, 2.75) is 96.9 Å². The largest absolute Gasteiger partial charge is 0.314 e. The standard InChI is InChI=1S/C17H35N/c1-3-4-5-6-7-8-9-10-11-12-13-18-17-14-16(2)15-17/h16-18H,3-15H2,1-2H3. The van der Waals surface area contributed by atoms with E-state index >= 15 is 0 Å². The third-order valence-electron chi connectivity index (χ3n) is 4.34. The van der Waals surface area contributed by atoms with Crippen molar-refractivity contribution in [2.75, 3.05) is 6.54 Å². The number of unbranched alkanes of at least 4 members (excludes halogenated alkanes) is 9. The van der Waals surface area contributed by atoms with Crippen LogP contribution in [-0.2, 0) is 0 Å². The molecule has 0 aromatic rings. The monoisotopic (exact) mass is 253 g/mol. The molecular weight excluding hydrogens is 218 g/mol. The van der Waals surface area contributed by atoms with Crippen LogP contribution in [-0.4, -0.2) is 12.6 Å². The fraction of sp³-hybridized carbons (Fsp3) is 1.00. The van der Waals surface area contributed by atoms with Crippen molar-refractivity contribution in [2.24, 2.45) is 5.92 Å². The summed E-state index contributed by atoms with van der Waals surface area (Å²) >= 11 is 0. The summed E-state index contributed by atoms with van der Waals surface area (Å²) in [6.07, 6.45) is 17.2. The molecule has 1 aliphatic carbocycles. The topological polar surface area (TPSA) is 12.0 Å². The van der Waals surface area contributed by atoms with E-state index in [1.165, 1.54) is 83.6 Å². The third-order valence-corrected chi connectivity index (χ3v) is 4.34. The van der Waals surface area contributed by atoms with Crippen molar-refractivity contribution in [1.82, 2.24) is 5.32 Å². The fourth-order valence-electron chi connectivity index (χ4n) is 2.99. The third kappa shape index (κ3) is 8.13. The Morgan fingerprint density at radius 3 is 1.78 bits per heavy atom. The van der Waals surface area contributed by atoms with Gasteiger partial charge in [-0.15, -0.1) is 0 Å². The van der Waals surface area contributed by atoms with Gasteiger partial charge in [-0.1, -0.05) is 71.6 Å². The first-order chi connectivity index (χ1) is 8.83. The fourth-order valence-corrected chi connectivity index (χ4v) is 2.99. The van der Waals surface area contributed by atoms with E-state index in [1.807, 2.05) is 0 Å². The molecule has 1 nitrogen and oxygen atoms in total. The average molecular weight is 253 g/mol. The van der Waals surface area contributed by atoms with Gasteiger partial charge in [0.1, 0.15) is 0 Å². The minimum atomic E-state index is 0.860.